The number of sulfonamides is 1. The van der Waals surface area contributed by atoms with E-state index in [0.717, 1.165) is 28.9 Å². The summed E-state index contributed by atoms with van der Waals surface area (Å²) < 4.78 is 28.1. The van der Waals surface area contributed by atoms with E-state index < -0.39 is 10.0 Å². The largest absolute Gasteiger partial charge is 0.385 e. The molecule has 2 N–H and O–H groups in total. The number of nitrogens with one attached hydrogen (secondary N) is 2. The van der Waals surface area contributed by atoms with Gasteiger partial charge in [-0.25, -0.2) is 8.42 Å². The summed E-state index contributed by atoms with van der Waals surface area (Å²) >= 11 is 0. The van der Waals surface area contributed by atoms with E-state index in [1.165, 1.54) is 0 Å². The van der Waals surface area contributed by atoms with Gasteiger partial charge in [0.2, 0.25) is 0 Å². The van der Waals surface area contributed by atoms with Gasteiger partial charge in [-0.15, -0.1) is 0 Å². The third-order valence-electron chi connectivity index (χ3n) is 3.72. The van der Waals surface area contributed by atoms with Crippen molar-refractivity contribution in [1.29, 1.82) is 0 Å². The molecule has 0 aliphatic heterocycles. The van der Waals surface area contributed by atoms with Crippen LogP contribution in [0.4, 0.5) is 11.4 Å². The second-order valence-corrected chi connectivity index (χ2v) is 8.30. The van der Waals surface area contributed by atoms with Gasteiger partial charge >= 0.3 is 0 Å². The highest BCUT2D eigenvalue weighted by Crippen LogP contribution is 2.25. The Morgan fingerprint density at radius 3 is 1.92 bits per heavy atom. The van der Waals surface area contributed by atoms with Crippen LogP contribution in [0.15, 0.2) is 41.3 Å². The molecular weight excluding hydrogens is 320 g/mol. The maximum absolute atomic E-state index is 12.7. The molecule has 0 bridgehead atoms. The van der Waals surface area contributed by atoms with Crippen LogP contribution in [0, 0.1) is 26.7 Å². The fourth-order valence-electron chi connectivity index (χ4n) is 2.77. The van der Waals surface area contributed by atoms with Crippen molar-refractivity contribution in [2.45, 2.75) is 39.5 Å². The van der Waals surface area contributed by atoms with Gasteiger partial charge in [-0.3, -0.25) is 4.72 Å². The van der Waals surface area contributed by atoms with E-state index in [2.05, 4.69) is 23.9 Å². The SMILES string of the molecule is Cc1cc(C)c(S(=O)(=O)Nc2ccc(NCC(C)C)cc2)c(C)c1. The molecular formula is C19H26N2O2S. The lowest BCUT2D eigenvalue weighted by atomic mass is 10.1. The molecule has 4 nitrogen and oxygen atoms in total. The van der Waals surface area contributed by atoms with E-state index in [-0.39, 0.29) is 0 Å². The first kappa shape index (κ1) is 18.3. The summed E-state index contributed by atoms with van der Waals surface area (Å²) in [6.45, 7) is 10.8. The zero-order valence-corrected chi connectivity index (χ0v) is 15.8. The Labute approximate surface area is 145 Å². The second-order valence-electron chi connectivity index (χ2n) is 6.69. The summed E-state index contributed by atoms with van der Waals surface area (Å²) in [7, 11) is -3.60. The molecule has 0 saturated carbocycles. The molecule has 0 aliphatic rings. The molecule has 0 amide bonds. The number of benzene rings is 2. The minimum absolute atomic E-state index is 0.357. The normalized spacial score (nSPS) is 11.6. The Bertz CT molecular complexity index is 787. The Balaban J connectivity index is 2.21. The van der Waals surface area contributed by atoms with Crippen LogP contribution < -0.4 is 10.0 Å². The van der Waals surface area contributed by atoms with Crippen LogP contribution in [-0.4, -0.2) is 15.0 Å². The molecule has 24 heavy (non-hydrogen) atoms. The van der Waals surface area contributed by atoms with Crippen LogP contribution >= 0.6 is 0 Å². The van der Waals surface area contributed by atoms with E-state index in [9.17, 15) is 8.42 Å². The van der Waals surface area contributed by atoms with E-state index in [1.807, 2.05) is 45.0 Å². The van der Waals surface area contributed by atoms with Crippen LogP contribution in [0.2, 0.25) is 0 Å². The van der Waals surface area contributed by atoms with E-state index in [4.69, 9.17) is 0 Å². The first-order chi connectivity index (χ1) is 11.2. The van der Waals surface area contributed by atoms with Gasteiger partial charge in [0.05, 0.1) is 4.90 Å². The van der Waals surface area contributed by atoms with Crippen molar-refractivity contribution in [3.05, 3.63) is 53.1 Å². The van der Waals surface area contributed by atoms with E-state index in [0.29, 0.717) is 16.5 Å². The molecule has 2 rings (SSSR count). The summed E-state index contributed by atoms with van der Waals surface area (Å²) in [6.07, 6.45) is 0. The highest BCUT2D eigenvalue weighted by molar-refractivity contribution is 7.92. The Hall–Kier alpha value is -2.01. The van der Waals surface area contributed by atoms with Gasteiger partial charge in [0, 0.05) is 17.9 Å². The minimum atomic E-state index is -3.60. The average molecular weight is 346 g/mol. The molecule has 0 aromatic heterocycles. The molecule has 0 fully saturated rings. The van der Waals surface area contributed by atoms with E-state index >= 15 is 0 Å². The summed E-state index contributed by atoms with van der Waals surface area (Å²) in [4.78, 5) is 0.357. The van der Waals surface area contributed by atoms with Crippen LogP contribution in [0.25, 0.3) is 0 Å². The van der Waals surface area contributed by atoms with Crippen LogP contribution in [-0.2, 0) is 10.0 Å². The number of rotatable bonds is 6. The highest BCUT2D eigenvalue weighted by atomic mass is 32.2. The maximum Gasteiger partial charge on any atom is 0.262 e. The predicted octanol–water partition coefficient (Wildman–Crippen LogP) is 4.48. The highest BCUT2D eigenvalue weighted by Gasteiger charge is 2.19. The standard InChI is InChI=1S/C19H26N2O2S/c1-13(2)12-20-17-6-8-18(9-7-17)21-24(22,23)19-15(4)10-14(3)11-16(19)5/h6-11,13,20-21H,12H2,1-5H3. The maximum atomic E-state index is 12.7. The molecule has 5 heteroatoms. The van der Waals surface area contributed by atoms with Crippen molar-refractivity contribution in [2.75, 3.05) is 16.6 Å². The Kier molecular flexibility index (Phi) is 5.54. The number of hydrogen-bond donors (Lipinski definition) is 2. The molecule has 0 spiro atoms. The Morgan fingerprint density at radius 2 is 1.42 bits per heavy atom. The van der Waals surface area contributed by atoms with Gasteiger partial charge in [0.1, 0.15) is 0 Å². The molecule has 2 aromatic rings. The molecule has 2 aromatic carbocycles. The summed E-state index contributed by atoms with van der Waals surface area (Å²) in [5, 5.41) is 3.31. The van der Waals surface area contributed by atoms with Gasteiger partial charge in [0.25, 0.3) is 10.0 Å². The van der Waals surface area contributed by atoms with Crippen LogP contribution in [0.1, 0.15) is 30.5 Å². The zero-order valence-electron chi connectivity index (χ0n) is 15.0. The van der Waals surface area contributed by atoms with Gasteiger partial charge in [-0.1, -0.05) is 31.5 Å². The van der Waals surface area contributed by atoms with Gasteiger partial charge in [-0.2, -0.15) is 0 Å². The average Bonchev–Trinajstić information content (AvgIpc) is 2.44. The molecule has 0 atom stereocenters. The monoisotopic (exact) mass is 346 g/mol. The van der Waals surface area contributed by atoms with Crippen molar-refractivity contribution >= 4 is 21.4 Å². The van der Waals surface area contributed by atoms with Crippen molar-refractivity contribution in [3.8, 4) is 0 Å². The molecule has 0 aliphatic carbocycles. The second kappa shape index (κ2) is 7.26. The van der Waals surface area contributed by atoms with Crippen molar-refractivity contribution in [3.63, 3.8) is 0 Å². The topological polar surface area (TPSA) is 58.2 Å². The quantitative estimate of drug-likeness (QED) is 0.811. The van der Waals surface area contributed by atoms with Crippen LogP contribution in [0.5, 0.6) is 0 Å². The number of anilines is 2. The summed E-state index contributed by atoms with van der Waals surface area (Å²) in [6, 6.07) is 11.1. The molecule has 130 valence electrons. The molecule has 0 heterocycles. The van der Waals surface area contributed by atoms with Crippen LogP contribution in [0.3, 0.4) is 0 Å². The number of hydrogen-bond acceptors (Lipinski definition) is 3. The third kappa shape index (κ3) is 4.51. The van der Waals surface area contributed by atoms with Gasteiger partial charge in [0.15, 0.2) is 0 Å². The lowest BCUT2D eigenvalue weighted by Gasteiger charge is -2.14. The zero-order chi connectivity index (χ0) is 17.9. The lowest BCUT2D eigenvalue weighted by molar-refractivity contribution is 0.600. The number of aryl methyl sites for hydroxylation is 3. The predicted molar refractivity (Wildman–Crippen MR) is 101 cm³/mol. The summed E-state index contributed by atoms with van der Waals surface area (Å²) in [5.41, 5.74) is 4.12. The van der Waals surface area contributed by atoms with E-state index in [1.54, 1.807) is 12.1 Å². The molecule has 0 radical (unpaired) electrons. The van der Waals surface area contributed by atoms with Crippen molar-refractivity contribution in [2.24, 2.45) is 5.92 Å². The van der Waals surface area contributed by atoms with Gasteiger partial charge < -0.3 is 5.32 Å². The fraction of sp³-hybridized carbons (Fsp3) is 0.368. The first-order valence-electron chi connectivity index (χ1n) is 8.13. The van der Waals surface area contributed by atoms with Crippen molar-refractivity contribution in [1.82, 2.24) is 0 Å². The van der Waals surface area contributed by atoms with Gasteiger partial charge in [-0.05, 0) is 62.1 Å². The summed E-state index contributed by atoms with van der Waals surface area (Å²) in [5.74, 6) is 0.552. The Morgan fingerprint density at radius 1 is 0.917 bits per heavy atom. The first-order valence-corrected chi connectivity index (χ1v) is 9.62. The third-order valence-corrected chi connectivity index (χ3v) is 5.41. The van der Waals surface area contributed by atoms with Crippen molar-refractivity contribution < 1.29 is 8.42 Å². The molecule has 0 unspecified atom stereocenters. The fourth-order valence-corrected chi connectivity index (χ4v) is 4.29. The molecule has 0 saturated heterocycles. The lowest BCUT2D eigenvalue weighted by Crippen LogP contribution is -2.16. The minimum Gasteiger partial charge on any atom is -0.385 e. The smallest absolute Gasteiger partial charge is 0.262 e.